The van der Waals surface area contributed by atoms with Crippen molar-refractivity contribution in [2.24, 2.45) is 5.92 Å². The first-order chi connectivity index (χ1) is 14.6. The molecule has 0 aliphatic carbocycles. The molecule has 0 spiro atoms. The number of anilines is 1. The number of hydrogen-bond donors (Lipinski definition) is 1. The number of allylic oxidation sites excluding steroid dienone is 1. The van der Waals surface area contributed by atoms with Gasteiger partial charge < -0.3 is 10.2 Å². The van der Waals surface area contributed by atoms with E-state index in [1.807, 2.05) is 12.1 Å². The number of rotatable bonds is 6. The number of nitrogens with zero attached hydrogens (tertiary/aromatic N) is 3. The van der Waals surface area contributed by atoms with Crippen LogP contribution in [0.5, 0.6) is 0 Å². The molecule has 2 heterocycles. The molecule has 2 aromatic rings. The molecule has 0 aromatic heterocycles. The molecule has 2 aliphatic rings. The van der Waals surface area contributed by atoms with Crippen molar-refractivity contribution in [1.29, 1.82) is 0 Å². The van der Waals surface area contributed by atoms with Crippen LogP contribution >= 0.6 is 0 Å². The first kappa shape index (κ1) is 20.5. The van der Waals surface area contributed by atoms with Gasteiger partial charge in [0.2, 0.25) is 0 Å². The van der Waals surface area contributed by atoms with Crippen LogP contribution in [0, 0.1) is 19.4 Å². The number of piperidine rings is 1. The van der Waals surface area contributed by atoms with Crippen molar-refractivity contribution < 1.29 is 0 Å². The summed E-state index contributed by atoms with van der Waals surface area (Å²) in [7, 11) is 0. The lowest BCUT2D eigenvalue weighted by Gasteiger charge is -2.35. The van der Waals surface area contributed by atoms with E-state index in [9.17, 15) is 0 Å². The summed E-state index contributed by atoms with van der Waals surface area (Å²) in [5, 5.41) is 3.61. The van der Waals surface area contributed by atoms with Crippen LogP contribution in [0.1, 0.15) is 29.5 Å². The quantitative estimate of drug-likeness (QED) is 0.696. The van der Waals surface area contributed by atoms with Crippen LogP contribution in [0.3, 0.4) is 0 Å². The zero-order valence-electron chi connectivity index (χ0n) is 18.0. The van der Waals surface area contributed by atoms with Crippen LogP contribution in [0.15, 0.2) is 54.7 Å². The van der Waals surface area contributed by atoms with Crippen molar-refractivity contribution in [3.05, 3.63) is 82.8 Å². The van der Waals surface area contributed by atoms with E-state index in [2.05, 4.69) is 63.8 Å². The number of aryl methyl sites for hydroxylation is 1. The Balaban J connectivity index is 1.19. The number of nitrogens with one attached hydrogen (secondary N) is 1. The average Bonchev–Trinajstić information content (AvgIpc) is 2.79. The maximum Gasteiger partial charge on any atom is 0.187 e. The summed E-state index contributed by atoms with van der Waals surface area (Å²) in [5.41, 5.74) is 7.51. The maximum atomic E-state index is 7.08. The van der Waals surface area contributed by atoms with Gasteiger partial charge in [-0.2, -0.15) is 0 Å². The lowest BCUT2D eigenvalue weighted by Crippen LogP contribution is -2.39. The maximum absolute atomic E-state index is 7.08. The lowest BCUT2D eigenvalue weighted by molar-refractivity contribution is 0.254. The Hall–Kier alpha value is -2.77. The van der Waals surface area contributed by atoms with Gasteiger partial charge in [-0.3, -0.25) is 4.90 Å². The van der Waals surface area contributed by atoms with E-state index in [0.29, 0.717) is 11.6 Å². The number of fused-ring (bicyclic) bond motifs is 1. The highest BCUT2D eigenvalue weighted by atomic mass is 15.1. The third kappa shape index (κ3) is 4.86. The molecule has 2 aromatic carbocycles. The van der Waals surface area contributed by atoms with E-state index >= 15 is 0 Å². The summed E-state index contributed by atoms with van der Waals surface area (Å²) in [6, 6.07) is 14.8. The van der Waals surface area contributed by atoms with Crippen LogP contribution in [0.4, 0.5) is 11.4 Å². The molecule has 4 nitrogen and oxygen atoms in total. The van der Waals surface area contributed by atoms with E-state index in [1.54, 1.807) is 0 Å². The zero-order valence-corrected chi connectivity index (χ0v) is 18.0. The van der Waals surface area contributed by atoms with Crippen molar-refractivity contribution in [2.45, 2.75) is 32.7 Å². The molecule has 0 amide bonds. The van der Waals surface area contributed by atoms with Gasteiger partial charge in [0.25, 0.3) is 0 Å². The van der Waals surface area contributed by atoms with Crippen molar-refractivity contribution in [2.75, 3.05) is 37.6 Å². The minimum absolute atomic E-state index is 0.550. The summed E-state index contributed by atoms with van der Waals surface area (Å²) >= 11 is 0. The molecule has 30 heavy (non-hydrogen) atoms. The van der Waals surface area contributed by atoms with Crippen molar-refractivity contribution >= 4 is 11.4 Å². The van der Waals surface area contributed by atoms with Gasteiger partial charge in [-0.1, -0.05) is 42.5 Å². The molecule has 0 atom stereocenters. The highest BCUT2D eigenvalue weighted by Gasteiger charge is 2.22. The molecule has 0 bridgehead atoms. The topological polar surface area (TPSA) is 22.9 Å². The Kier molecular flexibility index (Phi) is 6.40. The van der Waals surface area contributed by atoms with Gasteiger partial charge in [-0.15, -0.1) is 0 Å². The van der Waals surface area contributed by atoms with Crippen LogP contribution < -0.4 is 10.2 Å². The smallest absolute Gasteiger partial charge is 0.187 e. The Labute approximate surface area is 181 Å². The Morgan fingerprint density at radius 2 is 1.87 bits per heavy atom. The van der Waals surface area contributed by atoms with E-state index in [1.165, 1.54) is 28.1 Å². The first-order valence-corrected chi connectivity index (χ1v) is 11.1. The second-order valence-corrected chi connectivity index (χ2v) is 8.64. The van der Waals surface area contributed by atoms with Crippen molar-refractivity contribution in [3.8, 4) is 0 Å². The van der Waals surface area contributed by atoms with Crippen LogP contribution in [-0.4, -0.2) is 37.6 Å². The molecule has 0 radical (unpaired) electrons. The van der Waals surface area contributed by atoms with Crippen LogP contribution in [-0.2, 0) is 13.0 Å². The summed E-state index contributed by atoms with van der Waals surface area (Å²) < 4.78 is 0. The minimum atomic E-state index is 0.550. The predicted octanol–water partition coefficient (Wildman–Crippen LogP) is 4.92. The molecule has 1 saturated heterocycles. The molecule has 1 N–H and O–H groups in total. The largest absolute Gasteiger partial charge is 0.387 e. The van der Waals surface area contributed by atoms with Crippen molar-refractivity contribution in [1.82, 2.24) is 10.2 Å². The van der Waals surface area contributed by atoms with Gasteiger partial charge in [-0.05, 0) is 49.4 Å². The molecule has 4 rings (SSSR count). The fourth-order valence-corrected chi connectivity index (χ4v) is 4.67. The standard InChI is InChI=1S/C26H32N4/c1-20-4-5-24-19-29(14-10-23(24)18-20)17-13-28-21(2)22-11-15-30(16-12-22)26-8-6-25(27-3)7-9-26/h4-9,18,22,28H,2,10-17,19H2,1H3. The summed E-state index contributed by atoms with van der Waals surface area (Å²) in [6.07, 6.45) is 3.42. The fraction of sp³-hybridized carbons (Fsp3) is 0.423. The molecule has 4 heteroatoms. The molecule has 2 aliphatic heterocycles. The van der Waals surface area contributed by atoms with Gasteiger partial charge in [0.1, 0.15) is 0 Å². The molecule has 0 saturated carbocycles. The highest BCUT2D eigenvalue weighted by Crippen LogP contribution is 2.27. The monoisotopic (exact) mass is 400 g/mol. The van der Waals surface area contributed by atoms with Crippen molar-refractivity contribution in [3.63, 3.8) is 0 Å². The van der Waals surface area contributed by atoms with Gasteiger partial charge in [0, 0.05) is 56.6 Å². The molecular weight excluding hydrogens is 368 g/mol. The van der Waals surface area contributed by atoms with E-state index in [-0.39, 0.29) is 0 Å². The zero-order chi connectivity index (χ0) is 20.9. The second-order valence-electron chi connectivity index (χ2n) is 8.64. The van der Waals surface area contributed by atoms with Crippen LogP contribution in [0.2, 0.25) is 0 Å². The lowest BCUT2D eigenvalue weighted by atomic mass is 9.93. The molecule has 1 fully saturated rings. The summed E-state index contributed by atoms with van der Waals surface area (Å²) in [6.45, 7) is 20.0. The van der Waals surface area contributed by atoms with E-state index in [4.69, 9.17) is 6.57 Å². The SMILES string of the molecule is [C-]#[N+]c1ccc(N2CCC(C(=C)NCCN3CCc4cc(C)ccc4C3)CC2)cc1. The highest BCUT2D eigenvalue weighted by molar-refractivity contribution is 5.55. The van der Waals surface area contributed by atoms with Crippen LogP contribution in [0.25, 0.3) is 4.85 Å². The third-order valence-corrected chi connectivity index (χ3v) is 6.56. The Morgan fingerprint density at radius 3 is 2.60 bits per heavy atom. The molecule has 156 valence electrons. The number of hydrogen-bond acceptors (Lipinski definition) is 3. The fourth-order valence-electron chi connectivity index (χ4n) is 4.67. The Morgan fingerprint density at radius 1 is 1.10 bits per heavy atom. The normalized spacial score (nSPS) is 17.3. The van der Waals surface area contributed by atoms with E-state index in [0.717, 1.165) is 58.5 Å². The average molecular weight is 401 g/mol. The molecule has 0 unspecified atom stereocenters. The second kappa shape index (κ2) is 9.36. The van der Waals surface area contributed by atoms with Gasteiger partial charge in [-0.25, -0.2) is 4.85 Å². The van der Waals surface area contributed by atoms with Gasteiger partial charge in [0.05, 0.1) is 6.57 Å². The summed E-state index contributed by atoms with van der Waals surface area (Å²) in [4.78, 5) is 8.45. The van der Waals surface area contributed by atoms with Gasteiger partial charge in [0.15, 0.2) is 5.69 Å². The first-order valence-electron chi connectivity index (χ1n) is 11.1. The predicted molar refractivity (Wildman–Crippen MR) is 125 cm³/mol. The minimum Gasteiger partial charge on any atom is -0.387 e. The number of benzene rings is 2. The molecular formula is C26H32N4. The Bertz CT molecular complexity index is 917. The third-order valence-electron chi connectivity index (χ3n) is 6.56. The van der Waals surface area contributed by atoms with Gasteiger partial charge >= 0.3 is 0 Å². The van der Waals surface area contributed by atoms with E-state index < -0.39 is 0 Å². The summed E-state index contributed by atoms with van der Waals surface area (Å²) in [5.74, 6) is 0.550.